The smallest absolute Gasteiger partial charge is 0.407 e. The van der Waals surface area contributed by atoms with Gasteiger partial charge in [0.2, 0.25) is 0 Å². The van der Waals surface area contributed by atoms with Crippen LogP contribution >= 0.6 is 23.4 Å². The first kappa shape index (κ1) is 20.3. The second kappa shape index (κ2) is 8.31. The number of carbonyl (C=O) groups excluding carboxylic acids is 1. The van der Waals surface area contributed by atoms with Gasteiger partial charge in [-0.25, -0.2) is 4.79 Å². The van der Waals surface area contributed by atoms with Crippen LogP contribution in [0.1, 0.15) is 48.9 Å². The average molecular weight is 411 g/mol. The van der Waals surface area contributed by atoms with Crippen molar-refractivity contribution in [3.05, 3.63) is 28.8 Å². The average Bonchev–Trinajstić information content (AvgIpc) is 2.64. The minimum Gasteiger partial charge on any atom is -0.465 e. The van der Waals surface area contributed by atoms with Crippen LogP contribution in [-0.4, -0.2) is 59.3 Å². The molecule has 1 spiro atoms. The van der Waals surface area contributed by atoms with E-state index in [0.29, 0.717) is 34.3 Å². The van der Waals surface area contributed by atoms with Crippen molar-refractivity contribution >= 4 is 35.4 Å². The van der Waals surface area contributed by atoms with Gasteiger partial charge in [0.25, 0.3) is 5.91 Å². The Kier molecular flexibility index (Phi) is 6.26. The van der Waals surface area contributed by atoms with Gasteiger partial charge in [0.15, 0.2) is 0 Å². The van der Waals surface area contributed by atoms with Crippen molar-refractivity contribution in [2.75, 3.05) is 27.2 Å². The maximum absolute atomic E-state index is 12.1. The van der Waals surface area contributed by atoms with Gasteiger partial charge in [-0.1, -0.05) is 11.6 Å². The monoisotopic (exact) mass is 410 g/mol. The number of carbonyl (C=O) groups is 2. The van der Waals surface area contributed by atoms with E-state index in [1.807, 2.05) is 30.0 Å². The fraction of sp³-hybridized carbons (Fsp3) is 0.600. The second-order valence-electron chi connectivity index (χ2n) is 7.93. The van der Waals surface area contributed by atoms with Crippen LogP contribution in [0.2, 0.25) is 5.02 Å². The van der Waals surface area contributed by atoms with Crippen LogP contribution in [-0.2, 0) is 0 Å². The first-order valence-electron chi connectivity index (χ1n) is 9.45. The highest BCUT2D eigenvalue weighted by Gasteiger charge is 2.39. The summed E-state index contributed by atoms with van der Waals surface area (Å²) in [6.45, 7) is 1.34. The van der Waals surface area contributed by atoms with Crippen LogP contribution < -0.4 is 0 Å². The highest BCUT2D eigenvalue weighted by molar-refractivity contribution is 8.00. The molecule has 0 atom stereocenters. The predicted molar refractivity (Wildman–Crippen MR) is 109 cm³/mol. The molecule has 1 aliphatic heterocycles. The maximum atomic E-state index is 12.1. The minimum atomic E-state index is -0.790. The molecular weight excluding hydrogens is 384 g/mol. The summed E-state index contributed by atoms with van der Waals surface area (Å²) in [6.07, 6.45) is 5.82. The Labute approximate surface area is 170 Å². The summed E-state index contributed by atoms with van der Waals surface area (Å²) in [5.74, 6) is -0.0798. The summed E-state index contributed by atoms with van der Waals surface area (Å²) in [7, 11) is 3.44. The molecule has 0 radical (unpaired) electrons. The Morgan fingerprint density at radius 2 is 1.81 bits per heavy atom. The number of hydrogen-bond acceptors (Lipinski definition) is 3. The minimum absolute atomic E-state index is 0.0798. The number of piperidine rings is 1. The molecule has 2 aliphatic rings. The van der Waals surface area contributed by atoms with Crippen LogP contribution in [0.4, 0.5) is 4.79 Å². The first-order chi connectivity index (χ1) is 12.8. The van der Waals surface area contributed by atoms with Gasteiger partial charge in [-0.05, 0) is 62.1 Å². The number of benzene rings is 1. The Morgan fingerprint density at radius 3 is 2.33 bits per heavy atom. The summed E-state index contributed by atoms with van der Waals surface area (Å²) in [4.78, 5) is 27.4. The molecular formula is C20H27ClN2O3S. The van der Waals surface area contributed by atoms with Crippen molar-refractivity contribution in [2.24, 2.45) is 5.41 Å². The van der Waals surface area contributed by atoms with E-state index >= 15 is 0 Å². The SMILES string of the molecule is CN(C)C(=O)c1ccc(SC2CCC3(CC2)CCN(C(=O)O)CC3)cc1Cl. The third-order valence-electron chi connectivity index (χ3n) is 5.97. The maximum Gasteiger partial charge on any atom is 0.407 e. The Bertz CT molecular complexity index is 707. The molecule has 0 bridgehead atoms. The molecule has 1 aromatic carbocycles. The molecule has 7 heteroatoms. The fourth-order valence-corrected chi connectivity index (χ4v) is 5.68. The van der Waals surface area contributed by atoms with Gasteiger partial charge in [-0.15, -0.1) is 11.8 Å². The predicted octanol–water partition coefficient (Wildman–Crippen LogP) is 4.84. The lowest BCUT2D eigenvalue weighted by Crippen LogP contribution is -2.44. The molecule has 3 rings (SSSR count). The summed E-state index contributed by atoms with van der Waals surface area (Å²) in [6, 6.07) is 5.71. The standard InChI is InChI=1S/C20H27ClN2O3S/c1-22(2)18(24)16-4-3-15(13-17(16)21)27-14-5-7-20(8-6-14)9-11-23(12-10-20)19(25)26/h3-4,13-14H,5-12H2,1-2H3,(H,25,26). The lowest BCUT2D eigenvalue weighted by atomic mass is 9.68. The molecule has 1 aromatic rings. The van der Waals surface area contributed by atoms with Crippen molar-refractivity contribution in [1.29, 1.82) is 0 Å². The molecule has 2 fully saturated rings. The van der Waals surface area contributed by atoms with Gasteiger partial charge in [0.05, 0.1) is 10.6 Å². The van der Waals surface area contributed by atoms with Gasteiger partial charge in [0.1, 0.15) is 0 Å². The zero-order chi connectivity index (χ0) is 19.6. The molecule has 5 nitrogen and oxygen atoms in total. The van der Waals surface area contributed by atoms with E-state index in [4.69, 9.17) is 16.7 Å². The number of amides is 2. The number of likely N-dealkylation sites (tertiary alicyclic amines) is 1. The molecule has 148 valence electrons. The number of rotatable bonds is 3. The normalized spacial score (nSPS) is 19.9. The van der Waals surface area contributed by atoms with E-state index in [-0.39, 0.29) is 5.91 Å². The van der Waals surface area contributed by atoms with Crippen molar-refractivity contribution in [2.45, 2.75) is 48.7 Å². The lowest BCUT2D eigenvalue weighted by molar-refractivity contribution is 0.0657. The van der Waals surface area contributed by atoms with E-state index in [1.54, 1.807) is 19.0 Å². The van der Waals surface area contributed by atoms with E-state index in [2.05, 4.69) is 0 Å². The van der Waals surface area contributed by atoms with Gasteiger partial charge >= 0.3 is 6.09 Å². The zero-order valence-corrected chi connectivity index (χ0v) is 17.5. The second-order valence-corrected chi connectivity index (χ2v) is 9.71. The van der Waals surface area contributed by atoms with E-state index in [0.717, 1.165) is 30.6 Å². The van der Waals surface area contributed by atoms with E-state index in [1.165, 1.54) is 17.7 Å². The highest BCUT2D eigenvalue weighted by atomic mass is 35.5. The molecule has 0 unspecified atom stereocenters. The number of halogens is 1. The quantitative estimate of drug-likeness (QED) is 0.774. The highest BCUT2D eigenvalue weighted by Crippen LogP contribution is 2.48. The molecule has 1 saturated heterocycles. The summed E-state index contributed by atoms with van der Waals surface area (Å²) in [5, 5.41) is 10.2. The van der Waals surface area contributed by atoms with Crippen molar-refractivity contribution < 1.29 is 14.7 Å². The van der Waals surface area contributed by atoms with Crippen LogP contribution in [0.5, 0.6) is 0 Å². The Balaban J connectivity index is 1.55. The Morgan fingerprint density at radius 1 is 1.19 bits per heavy atom. The van der Waals surface area contributed by atoms with E-state index in [9.17, 15) is 9.59 Å². The molecule has 27 heavy (non-hydrogen) atoms. The van der Waals surface area contributed by atoms with Gasteiger partial charge in [-0.3, -0.25) is 4.79 Å². The Hall–Kier alpha value is -1.40. The summed E-state index contributed by atoms with van der Waals surface area (Å²) >= 11 is 8.17. The van der Waals surface area contributed by atoms with Gasteiger partial charge in [0, 0.05) is 37.3 Å². The van der Waals surface area contributed by atoms with Crippen LogP contribution in [0.15, 0.2) is 23.1 Å². The van der Waals surface area contributed by atoms with Crippen molar-refractivity contribution in [1.82, 2.24) is 9.80 Å². The van der Waals surface area contributed by atoms with Crippen LogP contribution in [0, 0.1) is 5.41 Å². The van der Waals surface area contributed by atoms with Crippen molar-refractivity contribution in [3.8, 4) is 0 Å². The van der Waals surface area contributed by atoms with E-state index < -0.39 is 6.09 Å². The van der Waals surface area contributed by atoms with Crippen LogP contribution in [0.25, 0.3) is 0 Å². The third-order valence-corrected chi connectivity index (χ3v) is 7.61. The number of hydrogen-bond donors (Lipinski definition) is 1. The topological polar surface area (TPSA) is 60.9 Å². The molecule has 1 aliphatic carbocycles. The molecule has 1 N–H and O–H groups in total. The molecule has 2 amide bonds. The fourth-order valence-electron chi connectivity index (χ4n) is 4.17. The zero-order valence-electron chi connectivity index (χ0n) is 15.9. The largest absolute Gasteiger partial charge is 0.465 e. The number of carboxylic acid groups (broad SMARTS) is 1. The molecule has 0 aromatic heterocycles. The van der Waals surface area contributed by atoms with Gasteiger partial charge in [-0.2, -0.15) is 0 Å². The third kappa shape index (κ3) is 4.72. The summed E-state index contributed by atoms with van der Waals surface area (Å²) < 4.78 is 0. The van der Waals surface area contributed by atoms with Gasteiger partial charge < -0.3 is 14.9 Å². The first-order valence-corrected chi connectivity index (χ1v) is 10.7. The van der Waals surface area contributed by atoms with Crippen molar-refractivity contribution in [3.63, 3.8) is 0 Å². The number of nitrogens with zero attached hydrogens (tertiary/aromatic N) is 2. The molecule has 1 saturated carbocycles. The molecule has 1 heterocycles. The van der Waals surface area contributed by atoms with Crippen LogP contribution in [0.3, 0.4) is 0 Å². The number of thioether (sulfide) groups is 1. The summed E-state index contributed by atoms with van der Waals surface area (Å²) in [5.41, 5.74) is 0.877. The lowest BCUT2D eigenvalue weighted by Gasteiger charge is -2.45.